The third-order valence-electron chi connectivity index (χ3n) is 3.16. The number of nitrogen functional groups attached to an aromatic ring is 1. The average molecular weight is 293 g/mol. The lowest BCUT2D eigenvalue weighted by molar-refractivity contribution is 1.04. The van der Waals surface area contributed by atoms with Crippen molar-refractivity contribution in [1.29, 1.82) is 0 Å². The predicted octanol–water partition coefficient (Wildman–Crippen LogP) is 2.03. The second-order valence-electron chi connectivity index (χ2n) is 4.81. The number of H-pyrrole nitrogens is 1. The summed E-state index contributed by atoms with van der Waals surface area (Å²) < 4.78 is 0. The van der Waals surface area contributed by atoms with E-state index in [1.165, 1.54) is 6.07 Å². The van der Waals surface area contributed by atoms with Gasteiger partial charge in [0.25, 0.3) is 5.56 Å². The van der Waals surface area contributed by atoms with Gasteiger partial charge in [-0.25, -0.2) is 4.98 Å². The van der Waals surface area contributed by atoms with Crippen molar-refractivity contribution in [2.45, 2.75) is 6.54 Å². The van der Waals surface area contributed by atoms with E-state index in [9.17, 15) is 4.79 Å². The molecule has 0 bridgehead atoms. The Morgan fingerprint density at radius 3 is 2.55 bits per heavy atom. The van der Waals surface area contributed by atoms with Crippen LogP contribution in [0.1, 0.15) is 5.56 Å². The van der Waals surface area contributed by atoms with Gasteiger partial charge >= 0.3 is 0 Å². The van der Waals surface area contributed by atoms with E-state index >= 15 is 0 Å². The first-order chi connectivity index (χ1) is 10.7. The first-order valence-electron chi connectivity index (χ1n) is 6.81. The molecule has 0 fully saturated rings. The third-order valence-corrected chi connectivity index (χ3v) is 3.16. The van der Waals surface area contributed by atoms with Crippen molar-refractivity contribution in [3.63, 3.8) is 0 Å². The van der Waals surface area contributed by atoms with E-state index in [0.29, 0.717) is 18.2 Å². The Labute approximate surface area is 127 Å². The second kappa shape index (κ2) is 6.09. The maximum Gasteiger partial charge on any atom is 0.252 e. The van der Waals surface area contributed by atoms with Gasteiger partial charge in [-0.3, -0.25) is 14.8 Å². The van der Waals surface area contributed by atoms with Gasteiger partial charge in [-0.15, -0.1) is 0 Å². The minimum atomic E-state index is -0.207. The van der Waals surface area contributed by atoms with Gasteiger partial charge in [0.05, 0.1) is 5.69 Å². The zero-order chi connectivity index (χ0) is 15.4. The van der Waals surface area contributed by atoms with E-state index < -0.39 is 0 Å². The molecule has 0 unspecified atom stereocenters. The zero-order valence-electron chi connectivity index (χ0n) is 11.8. The molecular formula is C16H15N5O. The Morgan fingerprint density at radius 2 is 1.82 bits per heavy atom. The Morgan fingerprint density at radius 1 is 1.09 bits per heavy atom. The summed E-state index contributed by atoms with van der Waals surface area (Å²) in [6.45, 7) is 0.545. The number of aromatic amines is 1. The van der Waals surface area contributed by atoms with Crippen LogP contribution in [0.3, 0.4) is 0 Å². The number of hydrogen-bond acceptors (Lipinski definition) is 5. The molecule has 4 N–H and O–H groups in total. The van der Waals surface area contributed by atoms with Gasteiger partial charge in [-0.2, -0.15) is 0 Å². The smallest absolute Gasteiger partial charge is 0.252 e. The molecule has 0 saturated heterocycles. The average Bonchev–Trinajstić information content (AvgIpc) is 2.55. The number of anilines is 2. The highest BCUT2D eigenvalue weighted by Gasteiger charge is 2.04. The molecule has 2 heterocycles. The topological polar surface area (TPSA) is 96.7 Å². The largest absolute Gasteiger partial charge is 0.399 e. The van der Waals surface area contributed by atoms with Crippen LogP contribution >= 0.6 is 0 Å². The molecule has 3 aromatic rings. The molecule has 3 rings (SSSR count). The van der Waals surface area contributed by atoms with Crippen LogP contribution < -0.4 is 16.6 Å². The highest BCUT2D eigenvalue weighted by Crippen LogP contribution is 2.15. The molecule has 0 radical (unpaired) electrons. The van der Waals surface area contributed by atoms with Crippen LogP contribution in [0, 0.1) is 0 Å². The number of pyridine rings is 1. The Kier molecular flexibility index (Phi) is 3.82. The fourth-order valence-electron chi connectivity index (χ4n) is 2.03. The molecular weight excluding hydrogens is 278 g/mol. The lowest BCUT2D eigenvalue weighted by Crippen LogP contribution is -2.12. The molecule has 0 amide bonds. The predicted molar refractivity (Wildman–Crippen MR) is 86.3 cm³/mol. The molecule has 0 aliphatic rings. The Bertz CT molecular complexity index is 812. The first kappa shape index (κ1) is 13.8. The van der Waals surface area contributed by atoms with Crippen LogP contribution in [0.5, 0.6) is 0 Å². The number of aromatic nitrogens is 3. The SMILES string of the molecule is Nc1ccc(CNc2nc(-c3ccncc3)cc(=O)[nH]2)cc1. The van der Waals surface area contributed by atoms with E-state index in [0.717, 1.165) is 16.8 Å². The van der Waals surface area contributed by atoms with Gasteiger partial charge < -0.3 is 11.1 Å². The van der Waals surface area contributed by atoms with Crippen molar-refractivity contribution in [2.24, 2.45) is 0 Å². The Hall–Kier alpha value is -3.15. The molecule has 110 valence electrons. The van der Waals surface area contributed by atoms with Crippen molar-refractivity contribution < 1.29 is 0 Å². The van der Waals surface area contributed by atoms with E-state index in [4.69, 9.17) is 5.73 Å². The molecule has 22 heavy (non-hydrogen) atoms. The monoisotopic (exact) mass is 293 g/mol. The number of nitrogens with one attached hydrogen (secondary N) is 2. The highest BCUT2D eigenvalue weighted by molar-refractivity contribution is 5.59. The molecule has 0 spiro atoms. The van der Waals surface area contributed by atoms with Crippen molar-refractivity contribution in [1.82, 2.24) is 15.0 Å². The molecule has 6 heteroatoms. The summed E-state index contributed by atoms with van der Waals surface area (Å²) >= 11 is 0. The summed E-state index contributed by atoms with van der Waals surface area (Å²) in [6.07, 6.45) is 3.33. The second-order valence-corrected chi connectivity index (χ2v) is 4.81. The van der Waals surface area contributed by atoms with Crippen LogP contribution in [0.2, 0.25) is 0 Å². The van der Waals surface area contributed by atoms with Crippen molar-refractivity contribution in [3.8, 4) is 11.3 Å². The standard InChI is InChI=1S/C16H15N5O/c17-13-3-1-11(2-4-13)10-19-16-20-14(9-15(22)21-16)12-5-7-18-8-6-12/h1-9H,10,17H2,(H2,19,20,21,22). The number of nitrogens with zero attached hydrogens (tertiary/aromatic N) is 2. The number of nitrogens with two attached hydrogens (primary N) is 1. The summed E-state index contributed by atoms with van der Waals surface area (Å²) in [4.78, 5) is 22.8. The lowest BCUT2D eigenvalue weighted by Gasteiger charge is -2.07. The number of rotatable bonds is 4. The van der Waals surface area contributed by atoms with E-state index in [2.05, 4.69) is 20.3 Å². The van der Waals surface area contributed by atoms with Gasteiger partial charge in [0, 0.05) is 36.3 Å². The molecule has 6 nitrogen and oxygen atoms in total. The van der Waals surface area contributed by atoms with E-state index in [1.54, 1.807) is 12.4 Å². The fourth-order valence-corrected chi connectivity index (χ4v) is 2.03. The van der Waals surface area contributed by atoms with Gasteiger partial charge in [0.2, 0.25) is 5.95 Å². The fraction of sp³-hybridized carbons (Fsp3) is 0.0625. The Balaban J connectivity index is 1.81. The molecule has 0 saturated carbocycles. The quantitative estimate of drug-likeness (QED) is 0.639. The molecule has 1 aromatic carbocycles. The van der Waals surface area contributed by atoms with E-state index in [-0.39, 0.29) is 5.56 Å². The maximum absolute atomic E-state index is 11.8. The lowest BCUT2D eigenvalue weighted by atomic mass is 10.2. The van der Waals surface area contributed by atoms with Crippen LogP contribution in [0.25, 0.3) is 11.3 Å². The van der Waals surface area contributed by atoms with Crippen LogP contribution in [0.15, 0.2) is 59.7 Å². The van der Waals surface area contributed by atoms with Crippen LogP contribution in [-0.4, -0.2) is 15.0 Å². The maximum atomic E-state index is 11.8. The summed E-state index contributed by atoms with van der Waals surface area (Å²) in [6, 6.07) is 12.6. The van der Waals surface area contributed by atoms with Gasteiger partial charge in [0.1, 0.15) is 0 Å². The summed E-state index contributed by atoms with van der Waals surface area (Å²) in [5.41, 5.74) is 8.66. The molecule has 0 atom stereocenters. The molecule has 0 aliphatic heterocycles. The summed E-state index contributed by atoms with van der Waals surface area (Å²) in [7, 11) is 0. The summed E-state index contributed by atoms with van der Waals surface area (Å²) in [5.74, 6) is 0.427. The zero-order valence-corrected chi connectivity index (χ0v) is 11.8. The normalized spacial score (nSPS) is 10.4. The van der Waals surface area contributed by atoms with E-state index in [1.807, 2.05) is 36.4 Å². The molecule has 2 aromatic heterocycles. The number of hydrogen-bond donors (Lipinski definition) is 3. The number of benzene rings is 1. The van der Waals surface area contributed by atoms with Crippen molar-refractivity contribution in [2.75, 3.05) is 11.1 Å². The third kappa shape index (κ3) is 3.29. The van der Waals surface area contributed by atoms with Crippen molar-refractivity contribution >= 4 is 11.6 Å². The first-order valence-corrected chi connectivity index (χ1v) is 6.81. The van der Waals surface area contributed by atoms with Crippen LogP contribution in [-0.2, 0) is 6.54 Å². The van der Waals surface area contributed by atoms with Gasteiger partial charge in [-0.1, -0.05) is 12.1 Å². The minimum Gasteiger partial charge on any atom is -0.399 e. The highest BCUT2D eigenvalue weighted by atomic mass is 16.1. The summed E-state index contributed by atoms with van der Waals surface area (Å²) in [5, 5.41) is 3.11. The van der Waals surface area contributed by atoms with Gasteiger partial charge in [0.15, 0.2) is 0 Å². The van der Waals surface area contributed by atoms with Crippen molar-refractivity contribution in [3.05, 3.63) is 70.8 Å². The van der Waals surface area contributed by atoms with Crippen LogP contribution in [0.4, 0.5) is 11.6 Å². The van der Waals surface area contributed by atoms with Gasteiger partial charge in [-0.05, 0) is 29.8 Å². The molecule has 0 aliphatic carbocycles. The minimum absolute atomic E-state index is 0.207.